The molecule has 0 amide bonds. The Morgan fingerprint density at radius 1 is 1.06 bits per heavy atom. The van der Waals surface area contributed by atoms with Crippen molar-refractivity contribution in [1.29, 1.82) is 0 Å². The first-order valence-corrected chi connectivity index (χ1v) is 10.7. The van der Waals surface area contributed by atoms with Crippen LogP contribution in [0.15, 0.2) is 66.7 Å². The van der Waals surface area contributed by atoms with Gasteiger partial charge in [0.25, 0.3) is 0 Å². The highest BCUT2D eigenvalue weighted by molar-refractivity contribution is 5.92. The minimum Gasteiger partial charge on any atom is -0.493 e. The summed E-state index contributed by atoms with van der Waals surface area (Å²) in [4.78, 5) is 11.4. The maximum Gasteiger partial charge on any atom is 0.339 e. The minimum atomic E-state index is -1.01. The van der Waals surface area contributed by atoms with Gasteiger partial charge in [0.15, 0.2) is 0 Å². The molecular formula is C26H28FNO4. The first-order valence-electron chi connectivity index (χ1n) is 10.7. The summed E-state index contributed by atoms with van der Waals surface area (Å²) < 4.78 is 18.9. The van der Waals surface area contributed by atoms with Gasteiger partial charge < -0.3 is 20.3 Å². The van der Waals surface area contributed by atoms with E-state index in [1.54, 1.807) is 30.3 Å². The number of nitrogens with one attached hydrogen (secondary N) is 1. The molecule has 0 aliphatic heterocycles. The Hall–Kier alpha value is -3.22. The van der Waals surface area contributed by atoms with Crippen molar-refractivity contribution in [3.05, 3.63) is 89.2 Å². The van der Waals surface area contributed by atoms with E-state index in [0.717, 1.165) is 29.5 Å². The van der Waals surface area contributed by atoms with Crippen LogP contribution in [0.3, 0.4) is 0 Å². The smallest absolute Gasteiger partial charge is 0.339 e. The van der Waals surface area contributed by atoms with E-state index in [2.05, 4.69) is 5.32 Å². The molecule has 0 saturated carbocycles. The van der Waals surface area contributed by atoms with Gasteiger partial charge in [-0.15, -0.1) is 0 Å². The van der Waals surface area contributed by atoms with Gasteiger partial charge in [-0.25, -0.2) is 9.18 Å². The molecule has 0 aliphatic rings. The first kappa shape index (κ1) is 23.4. The van der Waals surface area contributed by atoms with Gasteiger partial charge in [0.05, 0.1) is 12.7 Å². The number of carboxylic acids is 1. The average Bonchev–Trinajstić information content (AvgIpc) is 2.80. The SMILES string of the molecule is CCCOc1cc(-c2ccc(CCNCC(O)c3cccc(F)c3)cc2)ccc1C(=O)O. The van der Waals surface area contributed by atoms with Crippen LogP contribution in [0.5, 0.6) is 5.75 Å². The molecule has 0 bridgehead atoms. The topological polar surface area (TPSA) is 78.8 Å². The van der Waals surface area contributed by atoms with Crippen molar-refractivity contribution in [2.75, 3.05) is 19.7 Å². The summed E-state index contributed by atoms with van der Waals surface area (Å²) in [5.74, 6) is -0.988. The van der Waals surface area contributed by atoms with Gasteiger partial charge >= 0.3 is 5.97 Å². The molecule has 1 unspecified atom stereocenters. The predicted molar refractivity (Wildman–Crippen MR) is 123 cm³/mol. The molecule has 0 heterocycles. The van der Waals surface area contributed by atoms with E-state index < -0.39 is 12.1 Å². The molecule has 6 heteroatoms. The highest BCUT2D eigenvalue weighted by Crippen LogP contribution is 2.28. The molecule has 1 atom stereocenters. The number of carbonyl (C=O) groups is 1. The maximum absolute atomic E-state index is 13.3. The van der Waals surface area contributed by atoms with Gasteiger partial charge in [-0.1, -0.05) is 49.4 Å². The standard InChI is InChI=1S/C26H28FNO4/c1-2-14-32-25-16-20(10-11-23(25)26(30)31)19-8-6-18(7-9-19)12-13-28-17-24(29)21-4-3-5-22(27)15-21/h3-11,15-16,24,28-29H,2,12-14,17H2,1H3,(H,30,31). The third-order valence-corrected chi connectivity index (χ3v) is 5.12. The molecule has 0 radical (unpaired) electrons. The Morgan fingerprint density at radius 3 is 2.50 bits per heavy atom. The number of ether oxygens (including phenoxy) is 1. The number of hydrogen-bond donors (Lipinski definition) is 3. The minimum absolute atomic E-state index is 0.158. The van der Waals surface area contributed by atoms with Gasteiger partial charge in [0.2, 0.25) is 0 Å². The molecule has 3 N–H and O–H groups in total. The zero-order valence-corrected chi connectivity index (χ0v) is 18.1. The molecule has 3 aromatic carbocycles. The second-order valence-electron chi connectivity index (χ2n) is 7.59. The number of halogens is 1. The summed E-state index contributed by atoms with van der Waals surface area (Å²) in [7, 11) is 0. The van der Waals surface area contributed by atoms with Crippen LogP contribution in [0.1, 0.15) is 40.9 Å². The van der Waals surface area contributed by atoms with Crippen LogP contribution >= 0.6 is 0 Å². The lowest BCUT2D eigenvalue weighted by atomic mass is 10.0. The van der Waals surface area contributed by atoms with Crippen molar-refractivity contribution < 1.29 is 24.1 Å². The van der Waals surface area contributed by atoms with Crippen molar-refractivity contribution in [2.24, 2.45) is 0 Å². The lowest BCUT2D eigenvalue weighted by molar-refractivity contribution is 0.0692. The Balaban J connectivity index is 1.56. The Labute approximate surface area is 187 Å². The Morgan fingerprint density at radius 2 is 1.81 bits per heavy atom. The fraction of sp³-hybridized carbons (Fsp3) is 0.269. The highest BCUT2D eigenvalue weighted by Gasteiger charge is 2.13. The fourth-order valence-electron chi connectivity index (χ4n) is 3.38. The van der Waals surface area contributed by atoms with E-state index in [-0.39, 0.29) is 11.4 Å². The lowest BCUT2D eigenvalue weighted by Crippen LogP contribution is -2.23. The van der Waals surface area contributed by atoms with Gasteiger partial charge in [-0.05, 0) is 65.9 Å². The van der Waals surface area contributed by atoms with E-state index in [1.165, 1.54) is 12.1 Å². The molecule has 168 valence electrons. The highest BCUT2D eigenvalue weighted by atomic mass is 19.1. The number of aliphatic hydroxyl groups is 1. The summed E-state index contributed by atoms with van der Waals surface area (Å²) in [6, 6.07) is 19.2. The van der Waals surface area contributed by atoms with Gasteiger partial charge in [-0.2, -0.15) is 0 Å². The fourth-order valence-corrected chi connectivity index (χ4v) is 3.38. The van der Waals surface area contributed by atoms with E-state index >= 15 is 0 Å². The Kier molecular flexibility index (Phi) is 8.36. The van der Waals surface area contributed by atoms with Crippen LogP contribution in [-0.4, -0.2) is 35.9 Å². The summed E-state index contributed by atoms with van der Waals surface area (Å²) in [5.41, 5.74) is 3.71. The normalized spacial score (nSPS) is 11.8. The van der Waals surface area contributed by atoms with Crippen LogP contribution in [0.4, 0.5) is 4.39 Å². The molecule has 3 rings (SSSR count). The molecule has 0 spiro atoms. The zero-order valence-electron chi connectivity index (χ0n) is 18.1. The second-order valence-corrected chi connectivity index (χ2v) is 7.59. The predicted octanol–water partition coefficient (Wildman–Crippen LogP) is 4.85. The van der Waals surface area contributed by atoms with Crippen molar-refractivity contribution in [3.8, 4) is 16.9 Å². The number of hydrogen-bond acceptors (Lipinski definition) is 4. The van der Waals surface area contributed by atoms with E-state index in [4.69, 9.17) is 4.74 Å². The average molecular weight is 438 g/mol. The maximum atomic E-state index is 13.3. The monoisotopic (exact) mass is 437 g/mol. The molecule has 3 aromatic rings. The molecule has 0 aromatic heterocycles. The second kappa shape index (κ2) is 11.4. The Bertz CT molecular complexity index is 1040. The van der Waals surface area contributed by atoms with Crippen LogP contribution in [0, 0.1) is 5.82 Å². The van der Waals surface area contributed by atoms with Crippen molar-refractivity contribution in [2.45, 2.75) is 25.9 Å². The number of benzene rings is 3. The van der Waals surface area contributed by atoms with Gasteiger partial charge in [0.1, 0.15) is 17.1 Å². The molecule has 0 saturated heterocycles. The van der Waals surface area contributed by atoms with Gasteiger partial charge in [0, 0.05) is 6.54 Å². The van der Waals surface area contributed by atoms with Crippen molar-refractivity contribution in [1.82, 2.24) is 5.32 Å². The quantitative estimate of drug-likeness (QED) is 0.374. The number of carboxylic acid groups (broad SMARTS) is 1. The first-order chi connectivity index (χ1) is 15.5. The van der Waals surface area contributed by atoms with Crippen LogP contribution in [0.25, 0.3) is 11.1 Å². The molecule has 32 heavy (non-hydrogen) atoms. The molecule has 0 fully saturated rings. The van der Waals surface area contributed by atoms with Crippen molar-refractivity contribution in [3.63, 3.8) is 0 Å². The van der Waals surface area contributed by atoms with Crippen LogP contribution in [-0.2, 0) is 6.42 Å². The number of aromatic carboxylic acids is 1. The molecule has 5 nitrogen and oxygen atoms in total. The van der Waals surface area contributed by atoms with E-state index in [0.29, 0.717) is 31.0 Å². The molecule has 0 aliphatic carbocycles. The third kappa shape index (κ3) is 6.39. The van der Waals surface area contributed by atoms with Crippen molar-refractivity contribution >= 4 is 5.97 Å². The zero-order chi connectivity index (χ0) is 22.9. The molecular weight excluding hydrogens is 409 g/mol. The largest absolute Gasteiger partial charge is 0.493 e. The summed E-state index contributed by atoms with van der Waals surface area (Å²) in [6.45, 7) is 3.45. The van der Waals surface area contributed by atoms with Crippen LogP contribution in [0.2, 0.25) is 0 Å². The lowest BCUT2D eigenvalue weighted by Gasteiger charge is -2.13. The summed E-state index contributed by atoms with van der Waals surface area (Å²) in [5, 5.41) is 22.7. The number of rotatable bonds is 11. The summed E-state index contributed by atoms with van der Waals surface area (Å²) >= 11 is 0. The van der Waals surface area contributed by atoms with E-state index in [9.17, 15) is 19.4 Å². The number of aliphatic hydroxyl groups excluding tert-OH is 1. The third-order valence-electron chi connectivity index (χ3n) is 5.12. The summed E-state index contributed by atoms with van der Waals surface area (Å²) in [6.07, 6.45) is 0.815. The van der Waals surface area contributed by atoms with Gasteiger partial charge in [-0.3, -0.25) is 0 Å². The van der Waals surface area contributed by atoms with E-state index in [1.807, 2.05) is 31.2 Å². The van der Waals surface area contributed by atoms with Crippen LogP contribution < -0.4 is 10.1 Å².